The maximum absolute atomic E-state index is 14.0. The number of nitrogens with zero attached hydrogens (tertiary/aromatic N) is 1. The molecule has 7 heteroatoms. The molecule has 0 spiro atoms. The van der Waals surface area contributed by atoms with Crippen LogP contribution in [0.15, 0.2) is 66.7 Å². The van der Waals surface area contributed by atoms with Crippen molar-refractivity contribution in [1.82, 2.24) is 0 Å². The lowest BCUT2D eigenvalue weighted by Crippen LogP contribution is -2.57. The Morgan fingerprint density at radius 3 is 2.06 bits per heavy atom. The summed E-state index contributed by atoms with van der Waals surface area (Å²) in [5.41, 5.74) is 1.92. The number of imide groups is 1. The number of carbonyl (C=O) groups is 4. The summed E-state index contributed by atoms with van der Waals surface area (Å²) in [7, 11) is 0. The fourth-order valence-electron chi connectivity index (χ4n) is 6.44. The van der Waals surface area contributed by atoms with Gasteiger partial charge in [0.05, 0.1) is 33.5 Å². The molecule has 0 unspecified atom stereocenters. The number of Topliss-reactive ketones (excluding diaryl/α,β-unsaturated/α-hetero) is 1. The van der Waals surface area contributed by atoms with Crippen LogP contribution in [0.2, 0.25) is 5.02 Å². The van der Waals surface area contributed by atoms with E-state index in [0.717, 1.165) is 27.2 Å². The largest absolute Gasteiger partial charge is 0.478 e. The van der Waals surface area contributed by atoms with E-state index in [4.69, 9.17) is 11.6 Å². The van der Waals surface area contributed by atoms with Crippen molar-refractivity contribution in [3.8, 4) is 0 Å². The van der Waals surface area contributed by atoms with Gasteiger partial charge in [-0.1, -0.05) is 60.1 Å². The van der Waals surface area contributed by atoms with Crippen molar-refractivity contribution >= 4 is 40.9 Å². The van der Waals surface area contributed by atoms with E-state index in [1.54, 1.807) is 0 Å². The van der Waals surface area contributed by atoms with E-state index in [1.807, 2.05) is 48.5 Å². The third kappa shape index (κ3) is 2.31. The van der Waals surface area contributed by atoms with Crippen molar-refractivity contribution in [3.63, 3.8) is 0 Å². The average molecular weight is 472 g/mol. The lowest BCUT2D eigenvalue weighted by Gasteiger charge is -2.52. The summed E-state index contributed by atoms with van der Waals surface area (Å²) in [4.78, 5) is 54.1. The number of carbonyl (C=O) groups excluding carboxylic acids is 3. The van der Waals surface area contributed by atoms with Gasteiger partial charge in [-0.05, 0) is 47.4 Å². The Labute approximate surface area is 199 Å². The fraction of sp³-hybridized carbons (Fsp3) is 0.185. The zero-order valence-corrected chi connectivity index (χ0v) is 18.7. The quantitative estimate of drug-likeness (QED) is 0.579. The SMILES string of the molecule is CC(=O)C12c3ccccc3C(c3ccccc31)[C@H]1C(=O)N(c3ccc(Cl)c(C(=O)O)c3)C(=O)[C@@H]12. The van der Waals surface area contributed by atoms with Crippen molar-refractivity contribution in [2.75, 3.05) is 4.90 Å². The minimum Gasteiger partial charge on any atom is -0.478 e. The number of ketones is 1. The Morgan fingerprint density at radius 1 is 0.912 bits per heavy atom. The second-order valence-electron chi connectivity index (χ2n) is 9.00. The highest BCUT2D eigenvalue weighted by Gasteiger charge is 2.70. The number of aromatic carboxylic acids is 1. The molecule has 3 aliphatic carbocycles. The normalized spacial score (nSPS) is 26.2. The Balaban J connectivity index is 1.63. The Hall–Kier alpha value is -3.77. The lowest BCUT2D eigenvalue weighted by atomic mass is 9.46. The summed E-state index contributed by atoms with van der Waals surface area (Å²) in [5.74, 6) is -4.48. The van der Waals surface area contributed by atoms with Crippen molar-refractivity contribution < 1.29 is 24.3 Å². The van der Waals surface area contributed by atoms with Crippen LogP contribution in [-0.2, 0) is 19.8 Å². The molecule has 2 amide bonds. The zero-order chi connectivity index (χ0) is 23.9. The number of benzene rings is 3. The molecule has 2 bridgehead atoms. The molecule has 1 saturated heterocycles. The minimum atomic E-state index is -1.30. The van der Waals surface area contributed by atoms with Crippen LogP contribution in [0.25, 0.3) is 0 Å². The van der Waals surface area contributed by atoms with Crippen LogP contribution in [0.4, 0.5) is 5.69 Å². The average Bonchev–Trinajstić information content (AvgIpc) is 3.10. The molecular formula is C27H18ClNO5. The molecule has 3 aromatic rings. The first kappa shape index (κ1) is 20.8. The summed E-state index contributed by atoms with van der Waals surface area (Å²) in [6, 6.07) is 19.1. The van der Waals surface area contributed by atoms with Crippen LogP contribution < -0.4 is 4.90 Å². The van der Waals surface area contributed by atoms with Gasteiger partial charge < -0.3 is 5.11 Å². The lowest BCUT2D eigenvalue weighted by molar-refractivity contribution is -0.132. The summed E-state index contributed by atoms with van der Waals surface area (Å²) < 4.78 is 0. The molecule has 0 saturated carbocycles. The molecule has 0 aromatic heterocycles. The number of hydrogen-bond acceptors (Lipinski definition) is 4. The standard InChI is InChI=1S/C27H18ClNO5/c1-13(30)27-18-8-4-2-6-15(18)21(16-7-3-5-9-19(16)27)22-23(27)25(32)29(24(22)31)14-10-11-20(28)17(12-14)26(33)34/h2-12,21-23H,1H3,(H,33,34)/t21?,22-,23-,27?/m1/s1. The maximum Gasteiger partial charge on any atom is 0.337 e. The Bertz CT molecular complexity index is 1410. The minimum absolute atomic E-state index is 0.00727. The van der Waals surface area contributed by atoms with Crippen molar-refractivity contribution in [3.05, 3.63) is 99.6 Å². The van der Waals surface area contributed by atoms with Gasteiger partial charge in [0.2, 0.25) is 11.8 Å². The number of rotatable bonds is 3. The van der Waals surface area contributed by atoms with Gasteiger partial charge in [-0.15, -0.1) is 0 Å². The third-order valence-electron chi connectivity index (χ3n) is 7.61. The van der Waals surface area contributed by atoms with Gasteiger partial charge in [0.15, 0.2) is 0 Å². The number of anilines is 1. The number of hydrogen-bond donors (Lipinski definition) is 1. The molecule has 0 radical (unpaired) electrons. The van der Waals surface area contributed by atoms with Crippen LogP contribution in [0, 0.1) is 11.8 Å². The highest BCUT2D eigenvalue weighted by molar-refractivity contribution is 6.34. The van der Waals surface area contributed by atoms with Crippen LogP contribution in [0.5, 0.6) is 0 Å². The monoisotopic (exact) mass is 471 g/mol. The van der Waals surface area contributed by atoms with E-state index >= 15 is 0 Å². The van der Waals surface area contributed by atoms with E-state index in [-0.39, 0.29) is 28.0 Å². The van der Waals surface area contributed by atoms with E-state index in [2.05, 4.69) is 0 Å². The van der Waals surface area contributed by atoms with Crippen molar-refractivity contribution in [2.45, 2.75) is 18.3 Å². The van der Waals surface area contributed by atoms with Crippen LogP contribution in [-0.4, -0.2) is 28.7 Å². The van der Waals surface area contributed by atoms with Gasteiger partial charge in [0, 0.05) is 5.92 Å². The molecule has 1 fully saturated rings. The predicted octanol–water partition coefficient (Wildman–Crippen LogP) is 4.18. The first-order valence-corrected chi connectivity index (χ1v) is 11.3. The first-order chi connectivity index (χ1) is 16.3. The van der Waals surface area contributed by atoms with Gasteiger partial charge in [0.25, 0.3) is 0 Å². The topological polar surface area (TPSA) is 91.8 Å². The number of halogens is 1. The van der Waals surface area contributed by atoms with Gasteiger partial charge in [-0.25, -0.2) is 9.69 Å². The second kappa shape index (κ2) is 6.87. The zero-order valence-electron chi connectivity index (χ0n) is 18.0. The van der Waals surface area contributed by atoms with Crippen LogP contribution >= 0.6 is 11.6 Å². The fourth-order valence-corrected chi connectivity index (χ4v) is 6.64. The molecule has 168 valence electrons. The first-order valence-electron chi connectivity index (χ1n) is 10.9. The highest BCUT2D eigenvalue weighted by Crippen LogP contribution is 2.64. The van der Waals surface area contributed by atoms with E-state index in [9.17, 15) is 24.3 Å². The highest BCUT2D eigenvalue weighted by atomic mass is 35.5. The third-order valence-corrected chi connectivity index (χ3v) is 7.94. The van der Waals surface area contributed by atoms with Gasteiger partial charge >= 0.3 is 5.97 Å². The molecular weight excluding hydrogens is 454 g/mol. The van der Waals surface area contributed by atoms with Crippen molar-refractivity contribution in [1.29, 1.82) is 0 Å². The van der Waals surface area contributed by atoms with Gasteiger partial charge in [0.1, 0.15) is 5.78 Å². The van der Waals surface area contributed by atoms with Crippen LogP contribution in [0.1, 0.15) is 45.5 Å². The smallest absolute Gasteiger partial charge is 0.337 e. The predicted molar refractivity (Wildman–Crippen MR) is 124 cm³/mol. The summed E-state index contributed by atoms with van der Waals surface area (Å²) in [6.45, 7) is 1.47. The molecule has 1 heterocycles. The molecule has 3 aromatic carbocycles. The maximum atomic E-state index is 14.0. The van der Waals surface area contributed by atoms with Gasteiger partial charge in [-0.3, -0.25) is 14.4 Å². The molecule has 2 atom stereocenters. The molecule has 6 nitrogen and oxygen atoms in total. The van der Waals surface area contributed by atoms with E-state index in [0.29, 0.717) is 0 Å². The number of carboxylic acids is 1. The van der Waals surface area contributed by atoms with Crippen LogP contribution in [0.3, 0.4) is 0 Å². The Kier molecular flexibility index (Phi) is 4.20. The van der Waals surface area contributed by atoms with E-state index in [1.165, 1.54) is 25.1 Å². The Morgan fingerprint density at radius 2 is 1.50 bits per heavy atom. The molecule has 4 aliphatic rings. The molecule has 1 N–H and O–H groups in total. The molecule has 7 rings (SSSR count). The van der Waals surface area contributed by atoms with E-state index < -0.39 is 35.0 Å². The second-order valence-corrected chi connectivity index (χ2v) is 9.41. The summed E-state index contributed by atoms with van der Waals surface area (Å²) in [6.07, 6.45) is 0. The summed E-state index contributed by atoms with van der Waals surface area (Å²) >= 11 is 6.02. The van der Waals surface area contributed by atoms with Gasteiger partial charge in [-0.2, -0.15) is 0 Å². The molecule has 1 aliphatic heterocycles. The molecule has 34 heavy (non-hydrogen) atoms. The number of carboxylic acid groups (broad SMARTS) is 1. The summed E-state index contributed by atoms with van der Waals surface area (Å²) in [5, 5.41) is 9.51. The van der Waals surface area contributed by atoms with Crippen molar-refractivity contribution in [2.24, 2.45) is 11.8 Å². The number of amides is 2.